The van der Waals surface area contributed by atoms with Crippen molar-refractivity contribution in [3.63, 3.8) is 0 Å². The van der Waals surface area contributed by atoms with E-state index in [1.807, 2.05) is 7.05 Å². The van der Waals surface area contributed by atoms with Crippen LogP contribution in [0.3, 0.4) is 0 Å². The van der Waals surface area contributed by atoms with E-state index in [1.165, 1.54) is 24.0 Å². The van der Waals surface area contributed by atoms with Crippen LogP contribution in [0.4, 0.5) is 0 Å². The van der Waals surface area contributed by atoms with Crippen molar-refractivity contribution in [2.24, 2.45) is 4.99 Å². The average Bonchev–Trinajstić information content (AvgIpc) is 2.84. The van der Waals surface area contributed by atoms with Crippen molar-refractivity contribution in [2.45, 2.75) is 71.2 Å². The molecule has 0 radical (unpaired) electrons. The number of halogens is 1. The van der Waals surface area contributed by atoms with Crippen molar-refractivity contribution in [3.05, 3.63) is 35.4 Å². The van der Waals surface area contributed by atoms with Gasteiger partial charge in [-0.05, 0) is 56.3 Å². The molecule has 2 aliphatic heterocycles. The molecular weight excluding hydrogens is 515 g/mol. The summed E-state index contributed by atoms with van der Waals surface area (Å²) in [4.78, 5) is 9.30. The molecule has 1 aromatic carbocycles. The van der Waals surface area contributed by atoms with Crippen LogP contribution in [-0.2, 0) is 22.6 Å². The zero-order chi connectivity index (χ0) is 21.9. The number of piperidine rings is 1. The van der Waals surface area contributed by atoms with E-state index in [1.54, 1.807) is 0 Å². The lowest BCUT2D eigenvalue weighted by Gasteiger charge is -2.35. The van der Waals surface area contributed by atoms with Crippen LogP contribution in [0.1, 0.15) is 57.1 Å². The van der Waals surface area contributed by atoms with E-state index in [9.17, 15) is 0 Å². The first-order chi connectivity index (χ1) is 15.2. The van der Waals surface area contributed by atoms with Crippen molar-refractivity contribution in [3.8, 4) is 0 Å². The maximum Gasteiger partial charge on any atom is 0.193 e. The number of aliphatic imine (C=N–C) groups is 1. The van der Waals surface area contributed by atoms with Crippen molar-refractivity contribution in [1.29, 1.82) is 0 Å². The molecule has 2 saturated heterocycles. The smallest absolute Gasteiger partial charge is 0.193 e. The molecule has 0 aromatic heterocycles. The molecule has 6 nitrogen and oxygen atoms in total. The van der Waals surface area contributed by atoms with Crippen LogP contribution in [0.5, 0.6) is 0 Å². The normalized spacial score (nSPS) is 20.3. The summed E-state index contributed by atoms with van der Waals surface area (Å²) in [5.74, 6) is 0.987. The Morgan fingerprint density at radius 1 is 1.09 bits per heavy atom. The molecule has 0 aliphatic carbocycles. The molecular formula is C25H43IN4O2. The lowest BCUT2D eigenvalue weighted by Crippen LogP contribution is -2.47. The number of nitrogens with zero attached hydrogens (tertiary/aromatic N) is 3. The number of guanidine groups is 1. The van der Waals surface area contributed by atoms with Crippen LogP contribution < -0.4 is 5.32 Å². The van der Waals surface area contributed by atoms with Crippen LogP contribution in [0.25, 0.3) is 0 Å². The largest absolute Gasteiger partial charge is 0.376 e. The molecule has 1 aromatic rings. The Labute approximate surface area is 212 Å². The van der Waals surface area contributed by atoms with Crippen LogP contribution >= 0.6 is 24.0 Å². The summed E-state index contributed by atoms with van der Waals surface area (Å²) in [5.41, 5.74) is 2.66. The Kier molecular flexibility index (Phi) is 12.9. The zero-order valence-corrected chi connectivity index (χ0v) is 22.6. The predicted molar refractivity (Wildman–Crippen MR) is 143 cm³/mol. The zero-order valence-electron chi connectivity index (χ0n) is 20.2. The number of benzene rings is 1. The highest BCUT2D eigenvalue weighted by atomic mass is 127. The van der Waals surface area contributed by atoms with Gasteiger partial charge in [-0.3, -0.25) is 9.89 Å². The van der Waals surface area contributed by atoms with Gasteiger partial charge in [-0.25, -0.2) is 0 Å². The highest BCUT2D eigenvalue weighted by Crippen LogP contribution is 2.18. The van der Waals surface area contributed by atoms with Gasteiger partial charge in [0.15, 0.2) is 5.96 Å². The summed E-state index contributed by atoms with van der Waals surface area (Å²) >= 11 is 0. The lowest BCUT2D eigenvalue weighted by molar-refractivity contribution is -0.0721. The summed E-state index contributed by atoms with van der Waals surface area (Å²) in [6.07, 6.45) is 6.36. The van der Waals surface area contributed by atoms with E-state index in [0.717, 1.165) is 77.7 Å². The predicted octanol–water partition coefficient (Wildman–Crippen LogP) is 4.27. The Morgan fingerprint density at radius 2 is 1.78 bits per heavy atom. The van der Waals surface area contributed by atoms with Gasteiger partial charge in [-0.1, -0.05) is 38.1 Å². The third-order valence-electron chi connectivity index (χ3n) is 6.52. The summed E-state index contributed by atoms with van der Waals surface area (Å²) in [6, 6.07) is 8.95. The number of rotatable bonds is 9. The minimum absolute atomic E-state index is 0. The van der Waals surface area contributed by atoms with E-state index < -0.39 is 0 Å². The topological polar surface area (TPSA) is 49.3 Å². The highest BCUT2D eigenvalue weighted by Gasteiger charge is 2.23. The molecule has 32 heavy (non-hydrogen) atoms. The molecule has 0 amide bonds. The van der Waals surface area contributed by atoms with Crippen LogP contribution in [0.15, 0.2) is 29.3 Å². The van der Waals surface area contributed by atoms with Crippen molar-refractivity contribution in [1.82, 2.24) is 15.1 Å². The minimum atomic E-state index is 0. The fourth-order valence-corrected chi connectivity index (χ4v) is 4.40. The number of ether oxygens (including phenoxy) is 2. The van der Waals surface area contributed by atoms with E-state index in [0.29, 0.717) is 12.2 Å². The van der Waals surface area contributed by atoms with Gasteiger partial charge in [0.25, 0.3) is 0 Å². The molecule has 2 fully saturated rings. The van der Waals surface area contributed by atoms with Gasteiger partial charge in [0.1, 0.15) is 0 Å². The summed E-state index contributed by atoms with van der Waals surface area (Å²) in [5, 5.41) is 3.54. The van der Waals surface area contributed by atoms with Crippen LogP contribution in [-0.4, -0.2) is 74.4 Å². The highest BCUT2D eigenvalue weighted by molar-refractivity contribution is 14.0. The number of likely N-dealkylation sites (tertiary alicyclic amines) is 1. The Morgan fingerprint density at radius 3 is 2.38 bits per heavy atom. The molecule has 0 spiro atoms. The molecule has 7 heteroatoms. The second kappa shape index (κ2) is 15.1. The first-order valence-corrected chi connectivity index (χ1v) is 12.2. The van der Waals surface area contributed by atoms with Gasteiger partial charge in [-0.2, -0.15) is 0 Å². The van der Waals surface area contributed by atoms with Crippen molar-refractivity contribution >= 4 is 29.9 Å². The van der Waals surface area contributed by atoms with E-state index >= 15 is 0 Å². The van der Waals surface area contributed by atoms with Gasteiger partial charge < -0.3 is 19.7 Å². The monoisotopic (exact) mass is 558 g/mol. The van der Waals surface area contributed by atoms with Gasteiger partial charge in [-0.15, -0.1) is 24.0 Å². The lowest BCUT2D eigenvalue weighted by atomic mass is 10.1. The Balaban J connectivity index is 0.00000363. The van der Waals surface area contributed by atoms with Crippen molar-refractivity contribution in [2.75, 3.05) is 46.4 Å². The average molecular weight is 559 g/mol. The number of hydrogen-bond donors (Lipinski definition) is 1. The van der Waals surface area contributed by atoms with Gasteiger partial charge >= 0.3 is 0 Å². The maximum atomic E-state index is 6.15. The molecule has 1 N–H and O–H groups in total. The van der Waals surface area contributed by atoms with Gasteiger partial charge in [0, 0.05) is 39.8 Å². The van der Waals surface area contributed by atoms with Crippen molar-refractivity contribution < 1.29 is 9.47 Å². The van der Waals surface area contributed by atoms with E-state index in [4.69, 9.17) is 9.47 Å². The number of nitrogens with one attached hydrogen (secondary N) is 1. The standard InChI is InChI=1S/C25H42N4O2.HI/c1-4-28(5-2)19-22-11-9-21(10-12-22)18-27-25(26-3)29-15-13-23(14-16-29)31-20-24-8-6-7-17-30-24;/h9-12,23-24H,4-8,13-20H2,1-3H3,(H,26,27);1H. The fraction of sp³-hybridized carbons (Fsp3) is 0.720. The molecule has 1 atom stereocenters. The third kappa shape index (κ3) is 8.80. The second-order valence-corrected chi connectivity index (χ2v) is 8.69. The third-order valence-corrected chi connectivity index (χ3v) is 6.52. The summed E-state index contributed by atoms with van der Waals surface area (Å²) < 4.78 is 11.9. The molecule has 0 saturated carbocycles. The minimum Gasteiger partial charge on any atom is -0.376 e. The molecule has 2 heterocycles. The summed E-state index contributed by atoms with van der Waals surface area (Å²) in [7, 11) is 1.87. The second-order valence-electron chi connectivity index (χ2n) is 8.69. The van der Waals surface area contributed by atoms with E-state index in [-0.39, 0.29) is 24.0 Å². The van der Waals surface area contributed by atoms with Gasteiger partial charge in [0.05, 0.1) is 18.8 Å². The van der Waals surface area contributed by atoms with Crippen LogP contribution in [0.2, 0.25) is 0 Å². The summed E-state index contributed by atoms with van der Waals surface area (Å²) in [6.45, 7) is 12.0. The SMILES string of the molecule is CCN(CC)Cc1ccc(CNC(=NC)N2CCC(OCC3CCCCO3)CC2)cc1.I. The Hall–Kier alpha value is -0.900. The molecule has 2 aliphatic rings. The molecule has 182 valence electrons. The maximum absolute atomic E-state index is 6.15. The first kappa shape index (κ1) is 27.3. The quantitative estimate of drug-likeness (QED) is 0.279. The number of hydrogen-bond acceptors (Lipinski definition) is 4. The fourth-order valence-electron chi connectivity index (χ4n) is 4.40. The molecule has 1 unspecified atom stereocenters. The molecule has 3 rings (SSSR count). The van der Waals surface area contributed by atoms with E-state index in [2.05, 4.69) is 58.2 Å². The van der Waals surface area contributed by atoms with Crippen LogP contribution in [0, 0.1) is 0 Å². The Bertz CT molecular complexity index is 652. The molecule has 0 bridgehead atoms. The first-order valence-electron chi connectivity index (χ1n) is 12.2. The van der Waals surface area contributed by atoms with Gasteiger partial charge in [0.2, 0.25) is 0 Å².